The van der Waals surface area contributed by atoms with E-state index < -0.39 is 0 Å². The van der Waals surface area contributed by atoms with Crippen molar-refractivity contribution in [3.05, 3.63) is 45.6 Å². The van der Waals surface area contributed by atoms with Gasteiger partial charge in [-0.2, -0.15) is 0 Å². The molecule has 1 heterocycles. The van der Waals surface area contributed by atoms with Crippen molar-refractivity contribution in [1.29, 1.82) is 0 Å². The zero-order chi connectivity index (χ0) is 13.0. The van der Waals surface area contributed by atoms with E-state index in [0.717, 1.165) is 11.3 Å². The molecule has 0 atom stereocenters. The van der Waals surface area contributed by atoms with E-state index in [0.29, 0.717) is 13.1 Å². The first-order valence-corrected chi connectivity index (χ1v) is 6.80. The van der Waals surface area contributed by atoms with Crippen LogP contribution < -0.4 is 0 Å². The summed E-state index contributed by atoms with van der Waals surface area (Å²) >= 11 is 1.68. The number of rotatable bonds is 5. The molecule has 0 amide bonds. The smallest absolute Gasteiger partial charge is 0.293 e. The van der Waals surface area contributed by atoms with Crippen molar-refractivity contribution in [2.75, 3.05) is 0 Å². The lowest BCUT2D eigenvalue weighted by Crippen LogP contribution is -1.89. The molecule has 1 aromatic heterocycles. The van der Waals surface area contributed by atoms with Gasteiger partial charge in [0.1, 0.15) is 6.61 Å². The Morgan fingerprint density at radius 3 is 2.61 bits per heavy atom. The molecule has 0 unspecified atom stereocenters. The second kappa shape index (κ2) is 5.83. The predicted octanol–water partition coefficient (Wildman–Crippen LogP) is 3.96. The molecule has 0 saturated heterocycles. The van der Waals surface area contributed by atoms with Crippen LogP contribution in [0.2, 0.25) is 0 Å². The largest absolute Gasteiger partial charge is 0.462 e. The fourth-order valence-corrected chi connectivity index (χ4v) is 2.92. The fourth-order valence-electron chi connectivity index (χ4n) is 1.94. The van der Waals surface area contributed by atoms with Gasteiger partial charge in [0.05, 0.1) is 4.88 Å². The zero-order valence-corrected chi connectivity index (χ0v) is 11.4. The Morgan fingerprint density at radius 2 is 2.00 bits per heavy atom. The van der Waals surface area contributed by atoms with Gasteiger partial charge in [-0.1, -0.05) is 31.2 Å². The van der Waals surface area contributed by atoms with Crippen molar-refractivity contribution in [2.24, 2.45) is 0 Å². The Labute approximate surface area is 111 Å². The summed E-state index contributed by atoms with van der Waals surface area (Å²) in [6, 6.07) is 10.7. The third kappa shape index (κ3) is 2.79. The van der Waals surface area contributed by atoms with Crippen LogP contribution in [0, 0.1) is 6.92 Å². The Balaban J connectivity index is 2.32. The third-order valence-electron chi connectivity index (χ3n) is 2.89. The maximum Gasteiger partial charge on any atom is 0.293 e. The lowest BCUT2D eigenvalue weighted by atomic mass is 10.0. The minimum Gasteiger partial charge on any atom is -0.462 e. The molecule has 0 aliphatic rings. The Morgan fingerprint density at radius 1 is 1.28 bits per heavy atom. The van der Waals surface area contributed by atoms with E-state index in [1.54, 1.807) is 11.3 Å². The van der Waals surface area contributed by atoms with E-state index in [2.05, 4.69) is 44.2 Å². The molecule has 1 aromatic carbocycles. The van der Waals surface area contributed by atoms with E-state index in [4.69, 9.17) is 4.74 Å². The number of carbonyl (C=O) groups is 1. The molecule has 2 rings (SSSR count). The summed E-state index contributed by atoms with van der Waals surface area (Å²) in [6.45, 7) is 5.07. The number of aryl methyl sites for hydroxylation is 2. The second-order valence-electron chi connectivity index (χ2n) is 4.15. The first-order valence-electron chi connectivity index (χ1n) is 5.98. The molecule has 3 heteroatoms. The van der Waals surface area contributed by atoms with Gasteiger partial charge < -0.3 is 4.74 Å². The van der Waals surface area contributed by atoms with E-state index >= 15 is 0 Å². The summed E-state index contributed by atoms with van der Waals surface area (Å²) in [5, 5.41) is 0. The van der Waals surface area contributed by atoms with Crippen molar-refractivity contribution < 1.29 is 9.53 Å². The quantitative estimate of drug-likeness (QED) is 0.761. The topological polar surface area (TPSA) is 26.3 Å². The van der Waals surface area contributed by atoms with Crippen LogP contribution in [-0.2, 0) is 22.6 Å². The van der Waals surface area contributed by atoms with Crippen molar-refractivity contribution >= 4 is 17.8 Å². The lowest BCUT2D eigenvalue weighted by molar-refractivity contribution is -0.129. The van der Waals surface area contributed by atoms with Crippen LogP contribution in [0.1, 0.15) is 22.2 Å². The van der Waals surface area contributed by atoms with Crippen molar-refractivity contribution in [3.63, 3.8) is 0 Å². The number of carbonyl (C=O) groups excluding carboxylic acids is 1. The third-order valence-corrected chi connectivity index (χ3v) is 3.91. The van der Waals surface area contributed by atoms with Crippen LogP contribution in [0.15, 0.2) is 30.3 Å². The molecule has 0 N–H and O–H groups in total. The maximum absolute atomic E-state index is 10.3. The summed E-state index contributed by atoms with van der Waals surface area (Å²) in [6.07, 6.45) is 1.05. The number of hydrogen-bond acceptors (Lipinski definition) is 3. The molecular weight excluding hydrogens is 244 g/mol. The van der Waals surface area contributed by atoms with E-state index in [1.165, 1.54) is 21.6 Å². The summed E-state index contributed by atoms with van der Waals surface area (Å²) < 4.78 is 4.87. The summed E-state index contributed by atoms with van der Waals surface area (Å²) in [4.78, 5) is 12.6. The molecule has 0 bridgehead atoms. The Kier molecular flexibility index (Phi) is 4.15. The van der Waals surface area contributed by atoms with E-state index in [1.807, 2.05) is 0 Å². The molecule has 0 fully saturated rings. The number of thiophene rings is 1. The molecular formula is C15H16O2S. The first-order chi connectivity index (χ1) is 8.74. The zero-order valence-electron chi connectivity index (χ0n) is 10.6. The van der Waals surface area contributed by atoms with Gasteiger partial charge in [0.2, 0.25) is 0 Å². The van der Waals surface area contributed by atoms with Crippen LogP contribution in [0.25, 0.3) is 11.1 Å². The Hall–Kier alpha value is -1.61. The highest BCUT2D eigenvalue weighted by atomic mass is 32.1. The van der Waals surface area contributed by atoms with Gasteiger partial charge >= 0.3 is 0 Å². The van der Waals surface area contributed by atoms with Crippen molar-refractivity contribution in [3.8, 4) is 11.1 Å². The highest BCUT2D eigenvalue weighted by Gasteiger charge is 2.09. The van der Waals surface area contributed by atoms with Gasteiger partial charge in [0.25, 0.3) is 6.47 Å². The van der Waals surface area contributed by atoms with Crippen molar-refractivity contribution in [1.82, 2.24) is 0 Å². The van der Waals surface area contributed by atoms with Crippen LogP contribution in [0.5, 0.6) is 0 Å². The molecule has 2 aromatic rings. The molecule has 94 valence electrons. The predicted molar refractivity (Wildman–Crippen MR) is 74.7 cm³/mol. The van der Waals surface area contributed by atoms with Gasteiger partial charge in [-0.3, -0.25) is 4.79 Å². The normalized spacial score (nSPS) is 10.3. The standard InChI is InChI=1S/C15H16O2S/c1-3-12-4-6-13(7-5-12)14-8-11(2)18-15(14)9-17-10-16/h4-8,10H,3,9H2,1-2H3. The van der Waals surface area contributed by atoms with Gasteiger partial charge in [-0.15, -0.1) is 11.3 Å². The van der Waals surface area contributed by atoms with E-state index in [9.17, 15) is 4.79 Å². The minimum absolute atomic E-state index is 0.354. The summed E-state index contributed by atoms with van der Waals surface area (Å²) in [5.74, 6) is 0. The van der Waals surface area contributed by atoms with Gasteiger partial charge in [-0.25, -0.2) is 0 Å². The SMILES string of the molecule is CCc1ccc(-c2cc(C)sc2COC=O)cc1. The highest BCUT2D eigenvalue weighted by molar-refractivity contribution is 7.12. The van der Waals surface area contributed by atoms with Gasteiger partial charge in [0.15, 0.2) is 0 Å². The Bertz CT molecular complexity index is 526. The van der Waals surface area contributed by atoms with E-state index in [-0.39, 0.29) is 0 Å². The molecule has 18 heavy (non-hydrogen) atoms. The number of ether oxygens (including phenoxy) is 1. The molecule has 0 aliphatic carbocycles. The monoisotopic (exact) mass is 260 g/mol. The molecule has 0 radical (unpaired) electrons. The average Bonchev–Trinajstić information content (AvgIpc) is 2.77. The lowest BCUT2D eigenvalue weighted by Gasteiger charge is -2.04. The fraction of sp³-hybridized carbons (Fsp3) is 0.267. The first kappa shape index (κ1) is 12.8. The molecule has 2 nitrogen and oxygen atoms in total. The number of benzene rings is 1. The highest BCUT2D eigenvalue weighted by Crippen LogP contribution is 2.32. The summed E-state index contributed by atoms with van der Waals surface area (Å²) in [5.41, 5.74) is 3.68. The second-order valence-corrected chi connectivity index (χ2v) is 5.49. The van der Waals surface area contributed by atoms with Crippen LogP contribution in [-0.4, -0.2) is 6.47 Å². The molecule has 0 saturated carbocycles. The van der Waals surface area contributed by atoms with Crippen molar-refractivity contribution in [2.45, 2.75) is 26.9 Å². The maximum atomic E-state index is 10.3. The number of hydrogen-bond donors (Lipinski definition) is 0. The van der Waals surface area contributed by atoms with Crippen LogP contribution in [0.3, 0.4) is 0 Å². The summed E-state index contributed by atoms with van der Waals surface area (Å²) in [7, 11) is 0. The molecule has 0 aliphatic heterocycles. The van der Waals surface area contributed by atoms with Gasteiger partial charge in [0, 0.05) is 4.88 Å². The molecule has 0 spiro atoms. The van der Waals surface area contributed by atoms with Gasteiger partial charge in [-0.05, 0) is 36.1 Å². The minimum atomic E-state index is 0.354. The van der Waals surface area contributed by atoms with Crippen LogP contribution >= 0.6 is 11.3 Å². The average molecular weight is 260 g/mol. The van der Waals surface area contributed by atoms with Crippen LogP contribution in [0.4, 0.5) is 0 Å².